The number of hydrogen-bond donors (Lipinski definition) is 2. The largest absolute Gasteiger partial charge is 0.338 e. The molecule has 1 aliphatic rings. The summed E-state index contributed by atoms with van der Waals surface area (Å²) in [7, 11) is 0. The first-order valence-corrected chi connectivity index (χ1v) is 6.59. The SMILES string of the molecule is Cc1ccsc1-c1nc(N2CCC(N)C2)n[nH]1. The molecule has 3 heterocycles. The Kier molecular flexibility index (Phi) is 2.60. The molecule has 0 bridgehead atoms. The fourth-order valence-electron chi connectivity index (χ4n) is 2.08. The molecule has 2 aromatic rings. The van der Waals surface area contributed by atoms with E-state index in [0.29, 0.717) is 0 Å². The van der Waals surface area contributed by atoms with Crippen molar-refractivity contribution in [3.05, 3.63) is 17.0 Å². The minimum Gasteiger partial charge on any atom is -0.338 e. The first-order chi connectivity index (χ1) is 8.24. The highest BCUT2D eigenvalue weighted by Gasteiger charge is 2.22. The van der Waals surface area contributed by atoms with Crippen LogP contribution in [0.3, 0.4) is 0 Å². The molecule has 5 nitrogen and oxygen atoms in total. The number of aryl methyl sites for hydroxylation is 1. The predicted molar refractivity (Wildman–Crippen MR) is 69.2 cm³/mol. The Hall–Kier alpha value is -1.40. The summed E-state index contributed by atoms with van der Waals surface area (Å²) in [6, 6.07) is 2.34. The van der Waals surface area contributed by atoms with Gasteiger partial charge in [-0.1, -0.05) is 0 Å². The van der Waals surface area contributed by atoms with E-state index in [0.717, 1.165) is 36.2 Å². The fraction of sp³-hybridized carbons (Fsp3) is 0.455. The summed E-state index contributed by atoms with van der Waals surface area (Å²) in [5.74, 6) is 1.62. The van der Waals surface area contributed by atoms with Gasteiger partial charge in [0.25, 0.3) is 0 Å². The van der Waals surface area contributed by atoms with Gasteiger partial charge >= 0.3 is 0 Å². The van der Waals surface area contributed by atoms with E-state index in [2.05, 4.69) is 38.5 Å². The van der Waals surface area contributed by atoms with Gasteiger partial charge in [-0.15, -0.1) is 16.4 Å². The average molecular weight is 249 g/mol. The molecule has 17 heavy (non-hydrogen) atoms. The van der Waals surface area contributed by atoms with Crippen molar-refractivity contribution in [3.63, 3.8) is 0 Å². The minimum absolute atomic E-state index is 0.250. The monoisotopic (exact) mass is 249 g/mol. The van der Waals surface area contributed by atoms with Gasteiger partial charge in [-0.2, -0.15) is 4.98 Å². The van der Waals surface area contributed by atoms with E-state index < -0.39 is 0 Å². The molecule has 0 aliphatic carbocycles. The molecular formula is C11H15N5S. The molecule has 1 fully saturated rings. The van der Waals surface area contributed by atoms with Gasteiger partial charge in [-0.05, 0) is 30.4 Å². The number of anilines is 1. The summed E-state index contributed by atoms with van der Waals surface area (Å²) in [4.78, 5) is 7.84. The number of aromatic amines is 1. The molecule has 1 atom stereocenters. The highest BCUT2D eigenvalue weighted by Crippen LogP contribution is 2.27. The van der Waals surface area contributed by atoms with Crippen molar-refractivity contribution < 1.29 is 0 Å². The topological polar surface area (TPSA) is 70.8 Å². The van der Waals surface area contributed by atoms with Crippen LogP contribution in [-0.4, -0.2) is 34.3 Å². The summed E-state index contributed by atoms with van der Waals surface area (Å²) in [6.07, 6.45) is 1.02. The number of aromatic nitrogens is 3. The van der Waals surface area contributed by atoms with Crippen molar-refractivity contribution in [1.29, 1.82) is 0 Å². The third-order valence-corrected chi connectivity index (χ3v) is 4.08. The van der Waals surface area contributed by atoms with E-state index >= 15 is 0 Å². The van der Waals surface area contributed by atoms with Crippen LogP contribution in [0, 0.1) is 6.92 Å². The zero-order valence-electron chi connectivity index (χ0n) is 9.68. The second kappa shape index (κ2) is 4.12. The number of H-pyrrole nitrogens is 1. The first-order valence-electron chi connectivity index (χ1n) is 5.71. The van der Waals surface area contributed by atoms with E-state index in [4.69, 9.17) is 5.73 Å². The molecular weight excluding hydrogens is 234 g/mol. The van der Waals surface area contributed by atoms with E-state index in [1.165, 1.54) is 5.56 Å². The molecule has 90 valence electrons. The normalized spacial score (nSPS) is 20.1. The molecule has 0 aromatic carbocycles. The molecule has 1 aliphatic heterocycles. The minimum atomic E-state index is 0.250. The Bertz CT molecular complexity index is 517. The van der Waals surface area contributed by atoms with Crippen molar-refractivity contribution >= 4 is 17.3 Å². The number of nitrogens with two attached hydrogens (primary N) is 1. The molecule has 1 saturated heterocycles. The van der Waals surface area contributed by atoms with Gasteiger partial charge in [0.15, 0.2) is 5.82 Å². The van der Waals surface area contributed by atoms with Crippen LogP contribution in [0.1, 0.15) is 12.0 Å². The van der Waals surface area contributed by atoms with Crippen LogP contribution in [0.25, 0.3) is 10.7 Å². The quantitative estimate of drug-likeness (QED) is 0.843. The second-order valence-corrected chi connectivity index (χ2v) is 5.33. The van der Waals surface area contributed by atoms with Gasteiger partial charge in [-0.3, -0.25) is 5.10 Å². The summed E-state index contributed by atoms with van der Waals surface area (Å²) in [6.45, 7) is 3.88. The van der Waals surface area contributed by atoms with E-state index in [1.807, 2.05) is 0 Å². The average Bonchev–Trinajstić information content (AvgIpc) is 2.97. The van der Waals surface area contributed by atoms with Crippen LogP contribution in [0.15, 0.2) is 11.4 Å². The standard InChI is InChI=1S/C11H15N5S/c1-7-3-5-17-9(7)10-13-11(15-14-10)16-4-2-8(12)6-16/h3,5,8H,2,4,6,12H2,1H3,(H,13,14,15). The van der Waals surface area contributed by atoms with Crippen LogP contribution in [0.4, 0.5) is 5.95 Å². The molecule has 2 aromatic heterocycles. The molecule has 0 saturated carbocycles. The number of nitrogens with one attached hydrogen (secondary N) is 1. The molecule has 6 heteroatoms. The first kappa shape index (κ1) is 10.7. The predicted octanol–water partition coefficient (Wildman–Crippen LogP) is 1.38. The fourth-order valence-corrected chi connectivity index (χ4v) is 2.95. The van der Waals surface area contributed by atoms with Crippen molar-refractivity contribution in [3.8, 4) is 10.7 Å². The van der Waals surface area contributed by atoms with Gasteiger partial charge in [0.1, 0.15) is 0 Å². The number of rotatable bonds is 2. The summed E-state index contributed by atoms with van der Waals surface area (Å²) < 4.78 is 0. The molecule has 0 amide bonds. The Labute approximate surface area is 104 Å². The molecule has 0 spiro atoms. The lowest BCUT2D eigenvalue weighted by Gasteiger charge is -2.11. The van der Waals surface area contributed by atoms with Crippen molar-refractivity contribution in [2.45, 2.75) is 19.4 Å². The molecule has 3 N–H and O–H groups in total. The summed E-state index contributed by atoms with van der Waals surface area (Å²) in [5, 5.41) is 9.35. The van der Waals surface area contributed by atoms with E-state index in [1.54, 1.807) is 11.3 Å². The Balaban J connectivity index is 1.86. The number of nitrogens with zero attached hydrogens (tertiary/aromatic N) is 3. The Morgan fingerprint density at radius 1 is 1.59 bits per heavy atom. The van der Waals surface area contributed by atoms with Gasteiger partial charge in [-0.25, -0.2) is 0 Å². The van der Waals surface area contributed by atoms with Crippen LogP contribution in [0.2, 0.25) is 0 Å². The Morgan fingerprint density at radius 2 is 2.47 bits per heavy atom. The highest BCUT2D eigenvalue weighted by molar-refractivity contribution is 7.13. The third kappa shape index (κ3) is 1.94. The van der Waals surface area contributed by atoms with Crippen LogP contribution < -0.4 is 10.6 Å². The third-order valence-electron chi connectivity index (χ3n) is 3.06. The maximum absolute atomic E-state index is 5.88. The summed E-state index contributed by atoms with van der Waals surface area (Å²) >= 11 is 1.68. The van der Waals surface area contributed by atoms with Crippen LogP contribution in [0.5, 0.6) is 0 Å². The van der Waals surface area contributed by atoms with Crippen molar-refractivity contribution in [2.75, 3.05) is 18.0 Å². The van der Waals surface area contributed by atoms with Gasteiger partial charge in [0.05, 0.1) is 4.88 Å². The zero-order chi connectivity index (χ0) is 11.8. The lowest BCUT2D eigenvalue weighted by Crippen LogP contribution is -2.26. The maximum atomic E-state index is 5.88. The lowest BCUT2D eigenvalue weighted by atomic mass is 10.3. The molecule has 1 unspecified atom stereocenters. The van der Waals surface area contributed by atoms with Gasteiger partial charge in [0.2, 0.25) is 5.95 Å². The second-order valence-electron chi connectivity index (χ2n) is 4.41. The Morgan fingerprint density at radius 3 is 3.12 bits per heavy atom. The summed E-state index contributed by atoms with van der Waals surface area (Å²) in [5.41, 5.74) is 7.11. The molecule has 3 rings (SSSR count). The smallest absolute Gasteiger partial charge is 0.245 e. The number of hydrogen-bond acceptors (Lipinski definition) is 5. The maximum Gasteiger partial charge on any atom is 0.245 e. The van der Waals surface area contributed by atoms with E-state index in [-0.39, 0.29) is 6.04 Å². The zero-order valence-corrected chi connectivity index (χ0v) is 10.5. The molecule has 0 radical (unpaired) electrons. The van der Waals surface area contributed by atoms with Crippen molar-refractivity contribution in [2.24, 2.45) is 5.73 Å². The van der Waals surface area contributed by atoms with Gasteiger partial charge < -0.3 is 10.6 Å². The van der Waals surface area contributed by atoms with Crippen molar-refractivity contribution in [1.82, 2.24) is 15.2 Å². The number of thiophene rings is 1. The van der Waals surface area contributed by atoms with Gasteiger partial charge in [0, 0.05) is 19.1 Å². The van der Waals surface area contributed by atoms with Crippen LogP contribution >= 0.6 is 11.3 Å². The van der Waals surface area contributed by atoms with E-state index in [9.17, 15) is 0 Å². The lowest BCUT2D eigenvalue weighted by molar-refractivity contribution is 0.750. The van der Waals surface area contributed by atoms with Crippen LogP contribution in [-0.2, 0) is 0 Å². The highest BCUT2D eigenvalue weighted by atomic mass is 32.1.